The molecule has 0 aromatic heterocycles. The lowest BCUT2D eigenvalue weighted by Gasteiger charge is -2.16. The molecule has 0 bridgehead atoms. The van der Waals surface area contributed by atoms with Crippen LogP contribution in [0.3, 0.4) is 0 Å². The Morgan fingerprint density at radius 2 is 1.71 bits per heavy atom. The van der Waals surface area contributed by atoms with E-state index in [2.05, 4.69) is 5.32 Å². The minimum Gasteiger partial charge on any atom is -0.367 e. The molecule has 0 heterocycles. The van der Waals surface area contributed by atoms with Crippen molar-refractivity contribution in [3.8, 4) is 0 Å². The maximum absolute atomic E-state index is 12.6. The molecule has 0 aliphatic rings. The number of ether oxygens (including phenoxy) is 1. The van der Waals surface area contributed by atoms with Crippen LogP contribution in [-0.4, -0.2) is 13.0 Å². The largest absolute Gasteiger partial charge is 0.367 e. The molecule has 0 fully saturated rings. The van der Waals surface area contributed by atoms with Crippen LogP contribution in [0.4, 0.5) is 14.5 Å². The molecule has 5 heteroatoms. The molecule has 3 nitrogen and oxygen atoms in total. The SMILES string of the molecule is CO[C@@H](C(=O)Nc1cccc(C(F)F)c1)c1ccccc1. The average Bonchev–Trinajstić information content (AvgIpc) is 2.49. The number of nitrogens with one attached hydrogen (secondary N) is 1. The highest BCUT2D eigenvalue weighted by Crippen LogP contribution is 2.23. The Balaban J connectivity index is 2.15. The van der Waals surface area contributed by atoms with Crippen LogP contribution in [-0.2, 0) is 9.53 Å². The van der Waals surface area contributed by atoms with Crippen LogP contribution in [0.5, 0.6) is 0 Å². The van der Waals surface area contributed by atoms with Gasteiger partial charge in [-0.1, -0.05) is 42.5 Å². The van der Waals surface area contributed by atoms with Gasteiger partial charge in [0.25, 0.3) is 12.3 Å². The van der Waals surface area contributed by atoms with Gasteiger partial charge in [0.05, 0.1) is 0 Å². The first-order chi connectivity index (χ1) is 10.1. The summed E-state index contributed by atoms with van der Waals surface area (Å²) in [5.41, 5.74) is 0.875. The van der Waals surface area contributed by atoms with Crippen molar-refractivity contribution in [1.29, 1.82) is 0 Å². The topological polar surface area (TPSA) is 38.3 Å². The molecular formula is C16H15F2NO2. The molecule has 1 N–H and O–H groups in total. The van der Waals surface area contributed by atoms with Crippen LogP contribution in [0.15, 0.2) is 54.6 Å². The molecule has 0 aliphatic carbocycles. The van der Waals surface area contributed by atoms with Gasteiger partial charge >= 0.3 is 0 Å². The summed E-state index contributed by atoms with van der Waals surface area (Å²) < 4.78 is 30.5. The Bertz CT molecular complexity index is 602. The second kappa shape index (κ2) is 6.95. The normalized spacial score (nSPS) is 12.2. The zero-order chi connectivity index (χ0) is 15.2. The van der Waals surface area contributed by atoms with Gasteiger partial charge in [0, 0.05) is 18.4 Å². The summed E-state index contributed by atoms with van der Waals surface area (Å²) in [6.07, 6.45) is -3.37. The second-order valence-corrected chi connectivity index (χ2v) is 4.44. The number of alkyl halides is 2. The van der Waals surface area contributed by atoms with E-state index in [-0.39, 0.29) is 5.56 Å². The number of methoxy groups -OCH3 is 1. The Morgan fingerprint density at radius 1 is 1.05 bits per heavy atom. The van der Waals surface area contributed by atoms with Crippen LogP contribution >= 0.6 is 0 Å². The molecule has 0 unspecified atom stereocenters. The third-order valence-corrected chi connectivity index (χ3v) is 2.98. The quantitative estimate of drug-likeness (QED) is 0.905. The third kappa shape index (κ3) is 3.86. The highest BCUT2D eigenvalue weighted by molar-refractivity contribution is 5.94. The van der Waals surface area contributed by atoms with Crippen LogP contribution < -0.4 is 5.32 Å². The first-order valence-electron chi connectivity index (χ1n) is 6.38. The Kier molecular flexibility index (Phi) is 5.00. The van der Waals surface area contributed by atoms with Gasteiger partial charge in [-0.3, -0.25) is 4.79 Å². The van der Waals surface area contributed by atoms with E-state index < -0.39 is 18.4 Å². The monoisotopic (exact) mass is 291 g/mol. The molecule has 110 valence electrons. The van der Waals surface area contributed by atoms with Crippen LogP contribution in [0.25, 0.3) is 0 Å². The van der Waals surface area contributed by atoms with Gasteiger partial charge in [-0.25, -0.2) is 8.78 Å². The lowest BCUT2D eigenvalue weighted by molar-refractivity contribution is -0.126. The van der Waals surface area contributed by atoms with Gasteiger partial charge in [-0.15, -0.1) is 0 Å². The first-order valence-corrected chi connectivity index (χ1v) is 6.38. The molecule has 0 saturated carbocycles. The molecule has 1 amide bonds. The zero-order valence-electron chi connectivity index (χ0n) is 11.4. The Labute approximate surface area is 121 Å². The lowest BCUT2D eigenvalue weighted by Crippen LogP contribution is -2.22. The fourth-order valence-corrected chi connectivity index (χ4v) is 1.98. The number of amides is 1. The fourth-order valence-electron chi connectivity index (χ4n) is 1.98. The summed E-state index contributed by atoms with van der Waals surface area (Å²) in [4.78, 5) is 12.2. The molecule has 2 aromatic carbocycles. The molecule has 0 radical (unpaired) electrons. The third-order valence-electron chi connectivity index (χ3n) is 2.98. The number of hydrogen-bond donors (Lipinski definition) is 1. The highest BCUT2D eigenvalue weighted by atomic mass is 19.3. The van der Waals surface area contributed by atoms with E-state index in [4.69, 9.17) is 4.74 Å². The number of rotatable bonds is 5. The van der Waals surface area contributed by atoms with E-state index >= 15 is 0 Å². The van der Waals surface area contributed by atoms with Gasteiger partial charge in [0.1, 0.15) is 0 Å². The molecular weight excluding hydrogens is 276 g/mol. The number of carbonyl (C=O) groups is 1. The number of anilines is 1. The van der Waals surface area contributed by atoms with Crippen molar-refractivity contribution in [1.82, 2.24) is 0 Å². The van der Waals surface area contributed by atoms with E-state index in [1.54, 1.807) is 30.3 Å². The highest BCUT2D eigenvalue weighted by Gasteiger charge is 2.20. The standard InChI is InChI=1S/C16H15F2NO2/c1-21-14(11-6-3-2-4-7-11)16(20)19-13-9-5-8-12(10-13)15(17)18/h2-10,14-15H,1H3,(H,19,20)/t14-/m1/s1. The van der Waals surface area contributed by atoms with E-state index in [1.807, 2.05) is 6.07 Å². The summed E-state index contributed by atoms with van der Waals surface area (Å²) >= 11 is 0. The minimum atomic E-state index is -2.57. The van der Waals surface area contributed by atoms with Crippen molar-refractivity contribution in [2.45, 2.75) is 12.5 Å². The van der Waals surface area contributed by atoms with E-state index in [0.717, 1.165) is 0 Å². The van der Waals surface area contributed by atoms with Crippen molar-refractivity contribution in [2.75, 3.05) is 12.4 Å². The summed E-state index contributed by atoms with van der Waals surface area (Å²) in [6, 6.07) is 14.6. The number of carbonyl (C=O) groups excluding carboxylic acids is 1. The van der Waals surface area contributed by atoms with Crippen LogP contribution in [0.2, 0.25) is 0 Å². The number of hydrogen-bond acceptors (Lipinski definition) is 2. The lowest BCUT2D eigenvalue weighted by atomic mass is 10.1. The predicted octanol–water partition coefficient (Wildman–Crippen LogP) is 3.95. The van der Waals surface area contributed by atoms with Crippen molar-refractivity contribution < 1.29 is 18.3 Å². The van der Waals surface area contributed by atoms with E-state index in [9.17, 15) is 13.6 Å². The maximum Gasteiger partial charge on any atom is 0.263 e. The molecule has 2 rings (SSSR count). The summed E-state index contributed by atoms with van der Waals surface area (Å²) in [5, 5.41) is 2.59. The van der Waals surface area contributed by atoms with E-state index in [0.29, 0.717) is 11.3 Å². The Hall–Kier alpha value is -2.27. The van der Waals surface area contributed by atoms with Gasteiger partial charge in [0.2, 0.25) is 0 Å². The van der Waals surface area contributed by atoms with Crippen LogP contribution in [0.1, 0.15) is 23.7 Å². The van der Waals surface area contributed by atoms with Crippen molar-refractivity contribution >= 4 is 11.6 Å². The van der Waals surface area contributed by atoms with Gasteiger partial charge in [-0.05, 0) is 17.7 Å². The molecule has 2 aromatic rings. The smallest absolute Gasteiger partial charge is 0.263 e. The van der Waals surface area contributed by atoms with E-state index in [1.165, 1.54) is 25.3 Å². The number of benzene rings is 2. The maximum atomic E-state index is 12.6. The fraction of sp³-hybridized carbons (Fsp3) is 0.188. The van der Waals surface area contributed by atoms with Crippen LogP contribution in [0, 0.1) is 0 Å². The second-order valence-electron chi connectivity index (χ2n) is 4.44. The van der Waals surface area contributed by atoms with Crippen molar-refractivity contribution in [2.24, 2.45) is 0 Å². The summed E-state index contributed by atoms with van der Waals surface area (Å²) in [6.45, 7) is 0. The first kappa shape index (κ1) is 15.1. The zero-order valence-corrected chi connectivity index (χ0v) is 11.4. The molecule has 21 heavy (non-hydrogen) atoms. The van der Waals surface area contributed by atoms with Gasteiger partial charge < -0.3 is 10.1 Å². The molecule has 0 aliphatic heterocycles. The summed E-state index contributed by atoms with van der Waals surface area (Å²) in [5.74, 6) is -0.407. The summed E-state index contributed by atoms with van der Waals surface area (Å²) in [7, 11) is 1.42. The van der Waals surface area contributed by atoms with Crippen molar-refractivity contribution in [3.05, 3.63) is 65.7 Å². The Morgan fingerprint density at radius 3 is 2.33 bits per heavy atom. The minimum absolute atomic E-state index is 0.138. The predicted molar refractivity (Wildman–Crippen MR) is 76.2 cm³/mol. The van der Waals surface area contributed by atoms with Gasteiger partial charge in [-0.2, -0.15) is 0 Å². The molecule has 0 saturated heterocycles. The molecule has 1 atom stereocenters. The van der Waals surface area contributed by atoms with Crippen molar-refractivity contribution in [3.63, 3.8) is 0 Å². The average molecular weight is 291 g/mol. The number of halogens is 2. The molecule has 0 spiro atoms. The van der Waals surface area contributed by atoms with Gasteiger partial charge in [0.15, 0.2) is 6.10 Å².